The van der Waals surface area contributed by atoms with Gasteiger partial charge in [-0.05, 0) is 60.9 Å². The van der Waals surface area contributed by atoms with Crippen molar-refractivity contribution in [1.29, 1.82) is 0 Å². The van der Waals surface area contributed by atoms with Crippen molar-refractivity contribution in [2.45, 2.75) is 26.4 Å². The highest BCUT2D eigenvalue weighted by atomic mass is 35.5. The van der Waals surface area contributed by atoms with Crippen LogP contribution in [0.2, 0.25) is 5.02 Å². The fourth-order valence-corrected chi connectivity index (χ4v) is 4.49. The number of aromatic nitrogens is 2. The van der Waals surface area contributed by atoms with Crippen LogP contribution in [0.25, 0.3) is 11.3 Å². The van der Waals surface area contributed by atoms with Crippen LogP contribution in [0, 0.1) is 13.8 Å². The number of nitrogens with one attached hydrogen (secondary N) is 1. The molecule has 1 aliphatic rings. The van der Waals surface area contributed by atoms with Gasteiger partial charge >= 0.3 is 0 Å². The highest BCUT2D eigenvalue weighted by Crippen LogP contribution is 2.46. The van der Waals surface area contributed by atoms with Crippen LogP contribution in [0.15, 0.2) is 59.2 Å². The normalized spacial score (nSPS) is 15.5. The molecule has 0 aliphatic carbocycles. The van der Waals surface area contributed by atoms with Gasteiger partial charge in [0.25, 0.3) is 5.91 Å². The first-order valence-corrected chi connectivity index (χ1v) is 10.3. The number of phenolic OH excluding ortho intramolecular Hbond substituents is 1. The van der Waals surface area contributed by atoms with Crippen LogP contribution < -0.4 is 0 Å². The zero-order valence-electron chi connectivity index (χ0n) is 17.0. The molecule has 3 heterocycles. The Morgan fingerprint density at radius 1 is 1.19 bits per heavy atom. The molecule has 2 N–H and O–H groups in total. The summed E-state index contributed by atoms with van der Waals surface area (Å²) in [6.07, 6.45) is 1.59. The van der Waals surface area contributed by atoms with E-state index >= 15 is 0 Å². The van der Waals surface area contributed by atoms with Crippen LogP contribution in [0.4, 0.5) is 0 Å². The lowest BCUT2D eigenvalue weighted by Crippen LogP contribution is -2.29. The SMILES string of the molecule is Cc1cc(C)c(-c2n[nH]c3c2[C@@H](c2ccc(Cl)cc2)N(Cc2ccco2)C3=O)c(O)c1. The first-order valence-electron chi connectivity index (χ1n) is 9.91. The number of aromatic hydroxyl groups is 1. The largest absolute Gasteiger partial charge is 0.507 e. The zero-order chi connectivity index (χ0) is 21.7. The third-order valence-electron chi connectivity index (χ3n) is 5.65. The van der Waals surface area contributed by atoms with E-state index in [0.717, 1.165) is 22.3 Å². The molecule has 7 heteroatoms. The van der Waals surface area contributed by atoms with E-state index in [2.05, 4.69) is 10.2 Å². The minimum Gasteiger partial charge on any atom is -0.507 e. The molecule has 2 aromatic carbocycles. The van der Waals surface area contributed by atoms with E-state index in [1.807, 2.05) is 38.1 Å². The summed E-state index contributed by atoms with van der Waals surface area (Å²) in [7, 11) is 0. The van der Waals surface area contributed by atoms with Gasteiger partial charge in [0, 0.05) is 16.1 Å². The third-order valence-corrected chi connectivity index (χ3v) is 5.90. The number of carbonyl (C=O) groups is 1. The predicted molar refractivity (Wildman–Crippen MR) is 117 cm³/mol. The number of phenols is 1. The molecular weight excluding hydrogens is 414 g/mol. The minimum atomic E-state index is -0.404. The quantitative estimate of drug-likeness (QED) is 0.452. The van der Waals surface area contributed by atoms with Gasteiger partial charge in [-0.1, -0.05) is 29.8 Å². The lowest BCUT2D eigenvalue weighted by molar-refractivity contribution is 0.0717. The van der Waals surface area contributed by atoms with Gasteiger partial charge in [0.1, 0.15) is 22.9 Å². The maximum absolute atomic E-state index is 13.4. The minimum absolute atomic E-state index is 0.138. The number of carbonyl (C=O) groups excluding carboxylic acids is 1. The first-order chi connectivity index (χ1) is 14.9. The number of aryl methyl sites for hydroxylation is 2. The van der Waals surface area contributed by atoms with Crippen molar-refractivity contribution in [2.24, 2.45) is 0 Å². The van der Waals surface area contributed by atoms with Gasteiger partial charge in [-0.3, -0.25) is 9.89 Å². The van der Waals surface area contributed by atoms with Gasteiger partial charge in [-0.15, -0.1) is 0 Å². The topological polar surface area (TPSA) is 82.4 Å². The molecule has 0 spiro atoms. The van der Waals surface area contributed by atoms with Crippen LogP contribution in [0.5, 0.6) is 5.75 Å². The highest BCUT2D eigenvalue weighted by Gasteiger charge is 2.43. The number of aromatic amines is 1. The van der Waals surface area contributed by atoms with E-state index in [-0.39, 0.29) is 11.7 Å². The van der Waals surface area contributed by atoms with Crippen LogP contribution in [0.3, 0.4) is 0 Å². The molecule has 1 amide bonds. The van der Waals surface area contributed by atoms with E-state index in [9.17, 15) is 9.90 Å². The van der Waals surface area contributed by atoms with Gasteiger partial charge in [0.05, 0.1) is 18.8 Å². The summed E-state index contributed by atoms with van der Waals surface area (Å²) in [6.45, 7) is 4.16. The van der Waals surface area contributed by atoms with Crippen LogP contribution in [-0.4, -0.2) is 26.1 Å². The van der Waals surface area contributed by atoms with Crippen molar-refractivity contribution >= 4 is 17.5 Å². The Bertz CT molecular complexity index is 1250. The van der Waals surface area contributed by atoms with E-state index < -0.39 is 6.04 Å². The summed E-state index contributed by atoms with van der Waals surface area (Å²) < 4.78 is 5.51. The lowest BCUT2D eigenvalue weighted by atomic mass is 9.93. The Balaban J connectivity index is 1.70. The van der Waals surface area contributed by atoms with Gasteiger partial charge in [-0.2, -0.15) is 5.10 Å². The Morgan fingerprint density at radius 2 is 1.97 bits per heavy atom. The lowest BCUT2D eigenvalue weighted by Gasteiger charge is -2.26. The number of nitrogens with zero attached hydrogens (tertiary/aromatic N) is 2. The number of hydrogen-bond donors (Lipinski definition) is 2. The second-order valence-electron chi connectivity index (χ2n) is 7.80. The molecule has 6 nitrogen and oxygen atoms in total. The summed E-state index contributed by atoms with van der Waals surface area (Å²) in [5.74, 6) is 0.647. The number of rotatable bonds is 4. The predicted octanol–water partition coefficient (Wildman–Crippen LogP) is 5.39. The Labute approximate surface area is 184 Å². The molecule has 0 fully saturated rings. The number of furan rings is 1. The Kier molecular flexibility index (Phi) is 4.59. The molecule has 156 valence electrons. The molecule has 5 rings (SSSR count). The fraction of sp³-hybridized carbons (Fsp3) is 0.167. The summed E-state index contributed by atoms with van der Waals surface area (Å²) in [6, 6.07) is 14.4. The highest BCUT2D eigenvalue weighted by molar-refractivity contribution is 6.30. The van der Waals surface area contributed by atoms with E-state index in [1.54, 1.807) is 35.4 Å². The van der Waals surface area contributed by atoms with E-state index in [1.165, 1.54) is 0 Å². The molecule has 0 bridgehead atoms. The van der Waals surface area contributed by atoms with Crippen molar-refractivity contribution in [2.75, 3.05) is 0 Å². The number of benzene rings is 2. The Hall–Kier alpha value is -3.51. The van der Waals surface area contributed by atoms with Crippen molar-refractivity contribution in [3.05, 3.63) is 93.5 Å². The monoisotopic (exact) mass is 433 g/mol. The molecule has 31 heavy (non-hydrogen) atoms. The molecule has 0 saturated carbocycles. The molecule has 0 radical (unpaired) electrons. The van der Waals surface area contributed by atoms with Crippen LogP contribution in [0.1, 0.15) is 44.5 Å². The average Bonchev–Trinajstić information content (AvgIpc) is 3.43. The molecule has 1 aliphatic heterocycles. The molecule has 0 saturated heterocycles. The smallest absolute Gasteiger partial charge is 0.273 e. The number of hydrogen-bond acceptors (Lipinski definition) is 4. The second kappa shape index (κ2) is 7.32. The van der Waals surface area contributed by atoms with Crippen molar-refractivity contribution < 1.29 is 14.3 Å². The average molecular weight is 434 g/mol. The summed E-state index contributed by atoms with van der Waals surface area (Å²) >= 11 is 6.11. The molecule has 2 aromatic heterocycles. The standard InChI is InChI=1S/C24H20ClN3O3/c1-13-10-14(2)19(18(29)11-13)21-20-22(27-26-21)24(30)28(12-17-4-3-9-31-17)23(20)15-5-7-16(25)8-6-15/h3-11,23,29H,12H2,1-2H3,(H,26,27)/t23-/m1/s1. The van der Waals surface area contributed by atoms with Gasteiger partial charge in [-0.25, -0.2) is 0 Å². The summed E-state index contributed by atoms with van der Waals surface area (Å²) in [4.78, 5) is 15.1. The molecule has 0 unspecified atom stereocenters. The van der Waals surface area contributed by atoms with Crippen molar-refractivity contribution in [1.82, 2.24) is 15.1 Å². The number of H-pyrrole nitrogens is 1. The molecule has 4 aromatic rings. The zero-order valence-corrected chi connectivity index (χ0v) is 17.8. The van der Waals surface area contributed by atoms with E-state index in [4.69, 9.17) is 16.0 Å². The number of fused-ring (bicyclic) bond motifs is 1. The Morgan fingerprint density at radius 3 is 2.65 bits per heavy atom. The number of amides is 1. The second-order valence-corrected chi connectivity index (χ2v) is 8.24. The van der Waals surface area contributed by atoms with Gasteiger partial charge in [0.2, 0.25) is 0 Å². The maximum Gasteiger partial charge on any atom is 0.273 e. The summed E-state index contributed by atoms with van der Waals surface area (Å²) in [5, 5.41) is 18.7. The van der Waals surface area contributed by atoms with Gasteiger partial charge < -0.3 is 14.4 Å². The molecular formula is C24H20ClN3O3. The summed E-state index contributed by atoms with van der Waals surface area (Å²) in [5.41, 5.74) is 5.08. The van der Waals surface area contributed by atoms with Gasteiger partial charge in [0.15, 0.2) is 0 Å². The van der Waals surface area contributed by atoms with Crippen molar-refractivity contribution in [3.8, 4) is 17.0 Å². The van der Waals surface area contributed by atoms with Crippen LogP contribution in [-0.2, 0) is 6.54 Å². The fourth-order valence-electron chi connectivity index (χ4n) is 4.37. The molecule has 1 atom stereocenters. The third kappa shape index (κ3) is 3.20. The first kappa shape index (κ1) is 19.5. The van der Waals surface area contributed by atoms with Crippen LogP contribution >= 0.6 is 11.6 Å². The maximum atomic E-state index is 13.4. The van der Waals surface area contributed by atoms with Crippen molar-refractivity contribution in [3.63, 3.8) is 0 Å². The van der Waals surface area contributed by atoms with E-state index in [0.29, 0.717) is 34.3 Å². The number of halogens is 1.